The van der Waals surface area contributed by atoms with Crippen molar-refractivity contribution in [3.63, 3.8) is 0 Å². The van der Waals surface area contributed by atoms with Gasteiger partial charge in [0.1, 0.15) is 11.3 Å². The second kappa shape index (κ2) is 8.03. The van der Waals surface area contributed by atoms with Crippen LogP contribution in [0.3, 0.4) is 0 Å². The zero-order valence-corrected chi connectivity index (χ0v) is 18.6. The highest BCUT2D eigenvalue weighted by atomic mass is 19.1. The van der Waals surface area contributed by atoms with Crippen LogP contribution in [-0.4, -0.2) is 33.1 Å². The van der Waals surface area contributed by atoms with Gasteiger partial charge in [0.15, 0.2) is 11.5 Å². The van der Waals surface area contributed by atoms with Crippen LogP contribution in [0.4, 0.5) is 16.2 Å². The van der Waals surface area contributed by atoms with E-state index in [0.717, 1.165) is 16.7 Å². The number of rotatable bonds is 4. The van der Waals surface area contributed by atoms with E-state index in [9.17, 15) is 9.18 Å². The average molecular weight is 458 g/mol. The summed E-state index contributed by atoms with van der Waals surface area (Å²) in [6.07, 6.45) is 0.589. The first kappa shape index (κ1) is 21.7. The van der Waals surface area contributed by atoms with Crippen LogP contribution in [0.25, 0.3) is 22.3 Å². The summed E-state index contributed by atoms with van der Waals surface area (Å²) in [4.78, 5) is 28.0. The van der Waals surface area contributed by atoms with Crippen molar-refractivity contribution < 1.29 is 9.18 Å². The van der Waals surface area contributed by atoms with Gasteiger partial charge in [0.25, 0.3) is 5.91 Å². The first-order valence-electron chi connectivity index (χ1n) is 10.9. The van der Waals surface area contributed by atoms with E-state index in [2.05, 4.69) is 9.97 Å². The fourth-order valence-corrected chi connectivity index (χ4v) is 4.73. The molecule has 3 heterocycles. The van der Waals surface area contributed by atoms with Gasteiger partial charge in [0.2, 0.25) is 5.95 Å². The Morgan fingerprint density at radius 3 is 2.56 bits per heavy atom. The summed E-state index contributed by atoms with van der Waals surface area (Å²) in [6, 6.07) is 17.4. The van der Waals surface area contributed by atoms with Gasteiger partial charge < -0.3 is 22.1 Å². The Labute approximate surface area is 195 Å². The molecular weight excluding hydrogens is 433 g/mol. The minimum absolute atomic E-state index is 0.0321. The monoisotopic (exact) mass is 457 g/mol. The Kier molecular flexibility index (Phi) is 5.13. The molecule has 1 amide bonds. The summed E-state index contributed by atoms with van der Waals surface area (Å²) < 4.78 is 13.4. The molecule has 0 saturated carbocycles. The molecule has 1 unspecified atom stereocenters. The van der Waals surface area contributed by atoms with Crippen LogP contribution in [0.1, 0.15) is 23.5 Å². The van der Waals surface area contributed by atoms with Crippen LogP contribution in [0.5, 0.6) is 0 Å². The number of anilines is 2. The van der Waals surface area contributed by atoms with Crippen molar-refractivity contribution >= 4 is 28.7 Å². The van der Waals surface area contributed by atoms with Crippen LogP contribution < -0.4 is 22.1 Å². The number of amides is 1. The zero-order valence-electron chi connectivity index (χ0n) is 18.6. The predicted molar refractivity (Wildman–Crippen MR) is 129 cm³/mol. The van der Waals surface area contributed by atoms with Crippen LogP contribution >= 0.6 is 0 Å². The predicted octanol–water partition coefficient (Wildman–Crippen LogP) is 2.86. The number of hydrogen-bond donors (Lipinski definition) is 3. The number of aromatic nitrogens is 3. The molecule has 1 fully saturated rings. The first-order chi connectivity index (χ1) is 16.3. The molecule has 0 bridgehead atoms. The number of hydrogen-bond acceptors (Lipinski definition) is 7. The summed E-state index contributed by atoms with van der Waals surface area (Å²) in [6.45, 7) is 2.41. The summed E-state index contributed by atoms with van der Waals surface area (Å²) in [5, 5.41) is 0. The van der Waals surface area contributed by atoms with Gasteiger partial charge in [-0.2, -0.15) is 4.98 Å². The molecule has 6 N–H and O–H groups in total. The highest BCUT2D eigenvalue weighted by Gasteiger charge is 2.52. The van der Waals surface area contributed by atoms with Gasteiger partial charge in [-0.3, -0.25) is 4.79 Å². The molecule has 34 heavy (non-hydrogen) atoms. The van der Waals surface area contributed by atoms with Crippen molar-refractivity contribution in [1.29, 1.82) is 0 Å². The third-order valence-corrected chi connectivity index (χ3v) is 6.40. The summed E-state index contributed by atoms with van der Waals surface area (Å²) in [5.74, 6) is -0.990. The number of carbonyl (C=O) groups is 1. The van der Waals surface area contributed by atoms with Gasteiger partial charge in [0, 0.05) is 18.0 Å². The van der Waals surface area contributed by atoms with Gasteiger partial charge in [-0.05, 0) is 55.3 Å². The molecule has 2 atom stereocenters. The molecule has 1 saturated heterocycles. The molecular formula is C25H24FN7O. The van der Waals surface area contributed by atoms with E-state index in [0.29, 0.717) is 35.5 Å². The largest absolute Gasteiger partial charge is 0.368 e. The lowest BCUT2D eigenvalue weighted by molar-refractivity contribution is -0.123. The highest BCUT2D eigenvalue weighted by Crippen LogP contribution is 2.43. The third-order valence-electron chi connectivity index (χ3n) is 6.40. The number of pyridine rings is 1. The maximum Gasteiger partial charge on any atom is 0.258 e. The number of primary amides is 1. The van der Waals surface area contributed by atoms with Crippen LogP contribution in [0.2, 0.25) is 0 Å². The van der Waals surface area contributed by atoms with Crippen molar-refractivity contribution in [2.24, 2.45) is 11.5 Å². The molecule has 2 aromatic carbocycles. The van der Waals surface area contributed by atoms with Gasteiger partial charge >= 0.3 is 0 Å². The second-order valence-corrected chi connectivity index (χ2v) is 8.57. The van der Waals surface area contributed by atoms with E-state index in [1.807, 2.05) is 31.2 Å². The van der Waals surface area contributed by atoms with Gasteiger partial charge in [-0.1, -0.05) is 29.8 Å². The van der Waals surface area contributed by atoms with Crippen LogP contribution in [0, 0.1) is 12.7 Å². The number of nitrogen functional groups attached to an aromatic ring is 1. The Morgan fingerprint density at radius 2 is 1.85 bits per heavy atom. The standard InChI is InChI=1S/C25H24FN7O/c1-14-3-2-4-16(13-14)18-11-12-33(25(18,29)23(27)34)22-21-20(31-24(28)32-22)10-9-19(30-21)15-5-7-17(26)8-6-15/h2-10,13,18H,11-12,29H2,1H3,(H2,27,34)(H2,28,31,32)/t18?,25-/m0/s1. The third kappa shape index (κ3) is 3.50. The Hall–Kier alpha value is -4.11. The lowest BCUT2D eigenvalue weighted by atomic mass is 9.85. The van der Waals surface area contributed by atoms with E-state index in [1.165, 1.54) is 12.1 Å². The Bertz CT molecular complexity index is 1410. The topological polar surface area (TPSA) is 137 Å². The molecule has 5 rings (SSSR count). The molecule has 1 aliphatic rings. The highest BCUT2D eigenvalue weighted by molar-refractivity contribution is 5.95. The fraction of sp³-hybridized carbons (Fsp3) is 0.200. The molecule has 8 nitrogen and oxygen atoms in total. The van der Waals surface area contributed by atoms with Crippen LogP contribution in [-0.2, 0) is 4.79 Å². The second-order valence-electron chi connectivity index (χ2n) is 8.57. The van der Waals surface area contributed by atoms with Gasteiger partial charge in [-0.15, -0.1) is 0 Å². The molecule has 0 radical (unpaired) electrons. The van der Waals surface area contributed by atoms with Crippen molar-refractivity contribution in [1.82, 2.24) is 15.0 Å². The van der Waals surface area contributed by atoms with Gasteiger partial charge in [0.05, 0.1) is 11.2 Å². The van der Waals surface area contributed by atoms with E-state index in [1.54, 1.807) is 29.2 Å². The van der Waals surface area contributed by atoms with E-state index >= 15 is 0 Å². The van der Waals surface area contributed by atoms with Gasteiger partial charge in [-0.25, -0.2) is 14.4 Å². The van der Waals surface area contributed by atoms with Crippen LogP contribution in [0.15, 0.2) is 60.7 Å². The minimum Gasteiger partial charge on any atom is -0.368 e. The number of aryl methyl sites for hydroxylation is 1. The maximum atomic E-state index is 13.4. The number of benzene rings is 2. The quantitative estimate of drug-likeness (QED) is 0.428. The van der Waals surface area contributed by atoms with E-state index in [-0.39, 0.29) is 17.7 Å². The maximum absolute atomic E-state index is 13.4. The van der Waals surface area contributed by atoms with E-state index in [4.69, 9.17) is 22.2 Å². The molecule has 0 aliphatic carbocycles. The Morgan fingerprint density at radius 1 is 1.09 bits per heavy atom. The lowest BCUT2D eigenvalue weighted by Gasteiger charge is -2.37. The average Bonchev–Trinajstić information content (AvgIpc) is 3.17. The molecule has 2 aromatic heterocycles. The van der Waals surface area contributed by atoms with Crippen molar-refractivity contribution in [3.05, 3.63) is 77.6 Å². The van der Waals surface area contributed by atoms with Crippen molar-refractivity contribution in [2.45, 2.75) is 24.9 Å². The minimum atomic E-state index is -1.55. The molecule has 0 spiro atoms. The molecule has 4 aromatic rings. The number of carbonyl (C=O) groups excluding carboxylic acids is 1. The fourth-order valence-electron chi connectivity index (χ4n) is 4.73. The molecule has 172 valence electrons. The summed E-state index contributed by atoms with van der Waals surface area (Å²) in [7, 11) is 0. The summed E-state index contributed by atoms with van der Waals surface area (Å²) in [5.41, 5.74) is 21.4. The number of nitrogens with two attached hydrogens (primary N) is 3. The van der Waals surface area contributed by atoms with E-state index < -0.39 is 11.6 Å². The zero-order chi connectivity index (χ0) is 24.0. The number of fused-ring (bicyclic) bond motifs is 1. The lowest BCUT2D eigenvalue weighted by Crippen LogP contribution is -2.64. The Balaban J connectivity index is 1.67. The van der Waals surface area contributed by atoms with Crippen molar-refractivity contribution in [2.75, 3.05) is 17.2 Å². The number of halogens is 1. The smallest absolute Gasteiger partial charge is 0.258 e. The molecule has 1 aliphatic heterocycles. The first-order valence-corrected chi connectivity index (χ1v) is 10.9. The SMILES string of the molecule is Cc1cccc(C2CCN(c3nc(N)nc4ccc(-c5ccc(F)cc5)nc34)[C@]2(N)C(N)=O)c1. The normalized spacial score (nSPS) is 20.1. The van der Waals surface area contributed by atoms with Crippen molar-refractivity contribution in [3.8, 4) is 11.3 Å². The summed E-state index contributed by atoms with van der Waals surface area (Å²) >= 11 is 0. The molecule has 9 heteroatoms. The number of nitrogens with zero attached hydrogens (tertiary/aromatic N) is 4.